The van der Waals surface area contributed by atoms with Gasteiger partial charge in [-0.1, -0.05) is 121 Å². The summed E-state index contributed by atoms with van der Waals surface area (Å²) < 4.78 is 0. The fraction of sp³-hybridized carbons (Fsp3) is 0. The van der Waals surface area contributed by atoms with Crippen molar-refractivity contribution in [3.8, 4) is 56.9 Å². The number of hydrogen-bond acceptors (Lipinski definition) is 7. The van der Waals surface area contributed by atoms with Gasteiger partial charge in [-0.3, -0.25) is 4.98 Å². The van der Waals surface area contributed by atoms with Crippen LogP contribution in [0.1, 0.15) is 0 Å². The molecule has 9 aromatic rings. The molecule has 9 rings (SSSR count). The molecule has 49 heavy (non-hydrogen) atoms. The van der Waals surface area contributed by atoms with Crippen LogP contribution < -0.4 is 0 Å². The summed E-state index contributed by atoms with van der Waals surface area (Å²) in [6, 6.07) is 45.8. The molecule has 0 radical (unpaired) electrons. The van der Waals surface area contributed by atoms with Crippen molar-refractivity contribution in [2.24, 2.45) is 0 Å². The molecule has 0 N–H and O–H groups in total. The molecule has 230 valence electrons. The molecule has 0 saturated carbocycles. The van der Waals surface area contributed by atoms with Crippen LogP contribution in [0.2, 0.25) is 5.02 Å². The predicted molar refractivity (Wildman–Crippen MR) is 196 cm³/mol. The highest BCUT2D eigenvalue weighted by molar-refractivity contribution is 6.30. The van der Waals surface area contributed by atoms with Gasteiger partial charge in [-0.15, -0.1) is 0 Å². The second-order valence-corrected chi connectivity index (χ2v) is 12.0. The SMILES string of the molecule is Clc1cccc(-c2nc(-c3ccc(-c4nc(-c5ccccc5)c5ccccc5n4)cc3)nc(-c3ccc4ccc5cccnc5c4n3)n2)c1. The summed E-state index contributed by atoms with van der Waals surface area (Å²) in [4.78, 5) is 34.3. The van der Waals surface area contributed by atoms with Gasteiger partial charge in [0.25, 0.3) is 0 Å². The van der Waals surface area contributed by atoms with Gasteiger partial charge in [-0.05, 0) is 30.3 Å². The summed E-state index contributed by atoms with van der Waals surface area (Å²) in [6.45, 7) is 0. The maximum atomic E-state index is 6.39. The van der Waals surface area contributed by atoms with E-state index in [1.165, 1.54) is 0 Å². The molecule has 0 unspecified atom stereocenters. The van der Waals surface area contributed by atoms with Gasteiger partial charge in [0.1, 0.15) is 5.69 Å². The van der Waals surface area contributed by atoms with Crippen molar-refractivity contribution in [3.63, 3.8) is 0 Å². The molecule has 0 atom stereocenters. The van der Waals surface area contributed by atoms with Crippen molar-refractivity contribution >= 4 is 44.3 Å². The zero-order valence-electron chi connectivity index (χ0n) is 25.9. The van der Waals surface area contributed by atoms with E-state index in [0.717, 1.165) is 60.7 Å². The Morgan fingerprint density at radius 3 is 1.86 bits per heavy atom. The topological polar surface area (TPSA) is 90.2 Å². The van der Waals surface area contributed by atoms with E-state index in [0.29, 0.717) is 34.0 Å². The van der Waals surface area contributed by atoms with E-state index in [1.807, 2.05) is 109 Å². The first kappa shape index (κ1) is 28.8. The van der Waals surface area contributed by atoms with Crippen molar-refractivity contribution in [1.29, 1.82) is 0 Å². The van der Waals surface area contributed by atoms with Crippen LogP contribution in [0, 0.1) is 0 Å². The van der Waals surface area contributed by atoms with Gasteiger partial charge in [0.2, 0.25) is 0 Å². The van der Waals surface area contributed by atoms with E-state index in [2.05, 4.69) is 35.3 Å². The molecule has 0 aliphatic rings. The highest BCUT2D eigenvalue weighted by Gasteiger charge is 2.16. The monoisotopic (exact) mass is 649 g/mol. The number of benzene rings is 5. The second kappa shape index (κ2) is 12.0. The fourth-order valence-electron chi connectivity index (χ4n) is 6.01. The summed E-state index contributed by atoms with van der Waals surface area (Å²) in [5, 5.41) is 3.60. The second-order valence-electron chi connectivity index (χ2n) is 11.6. The molecule has 4 heterocycles. The lowest BCUT2D eigenvalue weighted by atomic mass is 10.1. The van der Waals surface area contributed by atoms with Gasteiger partial charge in [-0.25, -0.2) is 29.9 Å². The molecular formula is C41H24ClN7. The molecule has 0 fully saturated rings. The molecule has 0 amide bonds. The van der Waals surface area contributed by atoms with Crippen molar-refractivity contribution < 1.29 is 0 Å². The van der Waals surface area contributed by atoms with Crippen LogP contribution in [0.4, 0.5) is 0 Å². The number of fused-ring (bicyclic) bond motifs is 4. The summed E-state index contributed by atoms with van der Waals surface area (Å²) in [5.74, 6) is 2.09. The van der Waals surface area contributed by atoms with E-state index < -0.39 is 0 Å². The Morgan fingerprint density at radius 2 is 1.06 bits per heavy atom. The largest absolute Gasteiger partial charge is 0.254 e. The molecule has 7 nitrogen and oxygen atoms in total. The minimum atomic E-state index is 0.448. The van der Waals surface area contributed by atoms with E-state index >= 15 is 0 Å². The maximum absolute atomic E-state index is 6.39. The molecule has 0 saturated heterocycles. The van der Waals surface area contributed by atoms with E-state index in [-0.39, 0.29) is 0 Å². The van der Waals surface area contributed by atoms with Crippen LogP contribution in [0.25, 0.3) is 89.6 Å². The number of pyridine rings is 2. The van der Waals surface area contributed by atoms with Gasteiger partial charge in [-0.2, -0.15) is 0 Å². The maximum Gasteiger partial charge on any atom is 0.182 e. The van der Waals surface area contributed by atoms with E-state index in [4.69, 9.17) is 41.5 Å². The van der Waals surface area contributed by atoms with Crippen LogP contribution in [0.5, 0.6) is 0 Å². The number of rotatable bonds is 5. The number of hydrogen-bond donors (Lipinski definition) is 0. The summed E-state index contributed by atoms with van der Waals surface area (Å²) in [7, 11) is 0. The lowest BCUT2D eigenvalue weighted by Gasteiger charge is -2.11. The molecule has 4 aromatic heterocycles. The normalized spacial score (nSPS) is 11.4. The number of aromatic nitrogens is 7. The third-order valence-electron chi connectivity index (χ3n) is 8.43. The first-order chi connectivity index (χ1) is 24.2. The standard InChI is InChI=1S/C41H24ClN7/c42-31-12-6-10-30(24-31)40-47-39(48-41(49-40)34-22-21-27-16-15-26-11-7-23-43-36(26)37(27)44-34)29-19-17-28(18-20-29)38-45-33-14-5-4-13-32(33)35(46-38)25-8-2-1-3-9-25/h1-24H. The molecule has 0 aliphatic carbocycles. The van der Waals surface area contributed by atoms with Crippen molar-refractivity contribution in [2.75, 3.05) is 0 Å². The lowest BCUT2D eigenvalue weighted by Crippen LogP contribution is -2.01. The minimum absolute atomic E-state index is 0.448. The molecule has 8 heteroatoms. The summed E-state index contributed by atoms with van der Waals surface area (Å²) in [6.07, 6.45) is 1.78. The van der Waals surface area contributed by atoms with Gasteiger partial charge < -0.3 is 0 Å². The zero-order chi connectivity index (χ0) is 32.7. The van der Waals surface area contributed by atoms with Crippen LogP contribution in [-0.4, -0.2) is 34.9 Å². The Balaban J connectivity index is 1.16. The number of halogens is 1. The average molecular weight is 650 g/mol. The van der Waals surface area contributed by atoms with Crippen molar-refractivity contribution in [1.82, 2.24) is 34.9 Å². The van der Waals surface area contributed by atoms with Crippen LogP contribution in [0.15, 0.2) is 146 Å². The van der Waals surface area contributed by atoms with E-state index in [1.54, 1.807) is 6.20 Å². The third-order valence-corrected chi connectivity index (χ3v) is 8.67. The van der Waals surface area contributed by atoms with Crippen molar-refractivity contribution in [3.05, 3.63) is 151 Å². The first-order valence-corrected chi connectivity index (χ1v) is 16.1. The Bertz CT molecular complexity index is 2680. The summed E-state index contributed by atoms with van der Waals surface area (Å²) >= 11 is 6.39. The molecule has 5 aromatic carbocycles. The fourth-order valence-corrected chi connectivity index (χ4v) is 6.20. The highest BCUT2D eigenvalue weighted by Crippen LogP contribution is 2.31. The van der Waals surface area contributed by atoms with Gasteiger partial charge >= 0.3 is 0 Å². The Hall–Kier alpha value is -6.44. The Morgan fingerprint density at radius 1 is 0.408 bits per heavy atom. The first-order valence-electron chi connectivity index (χ1n) is 15.8. The van der Waals surface area contributed by atoms with E-state index in [9.17, 15) is 0 Å². The Kier molecular flexibility index (Phi) is 7.03. The van der Waals surface area contributed by atoms with Crippen molar-refractivity contribution in [2.45, 2.75) is 0 Å². The molecule has 0 bridgehead atoms. The quantitative estimate of drug-likeness (QED) is 0.171. The smallest absolute Gasteiger partial charge is 0.182 e. The van der Waals surface area contributed by atoms with Gasteiger partial charge in [0, 0.05) is 49.6 Å². The van der Waals surface area contributed by atoms with Gasteiger partial charge in [0.05, 0.1) is 22.2 Å². The number of para-hydroxylation sites is 1. The highest BCUT2D eigenvalue weighted by atomic mass is 35.5. The Labute approximate surface area is 286 Å². The zero-order valence-corrected chi connectivity index (χ0v) is 26.6. The van der Waals surface area contributed by atoms with Crippen LogP contribution in [0.3, 0.4) is 0 Å². The average Bonchev–Trinajstić information content (AvgIpc) is 3.17. The minimum Gasteiger partial charge on any atom is -0.254 e. The van der Waals surface area contributed by atoms with Crippen LogP contribution >= 0.6 is 11.6 Å². The molecule has 0 spiro atoms. The van der Waals surface area contributed by atoms with Gasteiger partial charge in [0.15, 0.2) is 23.3 Å². The van der Waals surface area contributed by atoms with Crippen LogP contribution in [-0.2, 0) is 0 Å². The predicted octanol–water partition coefficient (Wildman–Crippen LogP) is 9.90. The number of nitrogens with zero attached hydrogens (tertiary/aromatic N) is 7. The lowest BCUT2D eigenvalue weighted by molar-refractivity contribution is 1.06. The molecule has 0 aliphatic heterocycles. The molecular weight excluding hydrogens is 626 g/mol. The third kappa shape index (κ3) is 5.42. The summed E-state index contributed by atoms with van der Waals surface area (Å²) in [5.41, 5.74) is 7.52.